The molecule has 0 spiro atoms. The number of anilines is 1. The van der Waals surface area contributed by atoms with E-state index in [0.29, 0.717) is 13.1 Å². The number of rotatable bonds is 4. The average Bonchev–Trinajstić information content (AvgIpc) is 2.15. The molecule has 1 aromatic heterocycles. The van der Waals surface area contributed by atoms with E-state index in [4.69, 9.17) is 5.73 Å². The summed E-state index contributed by atoms with van der Waals surface area (Å²) in [7, 11) is 1.92. The van der Waals surface area contributed by atoms with Gasteiger partial charge >= 0.3 is 0 Å². The monoisotopic (exact) mass is 209 g/mol. The van der Waals surface area contributed by atoms with Gasteiger partial charge in [-0.1, -0.05) is 0 Å². The van der Waals surface area contributed by atoms with Gasteiger partial charge in [-0.2, -0.15) is 0 Å². The van der Waals surface area contributed by atoms with Crippen molar-refractivity contribution in [2.24, 2.45) is 5.73 Å². The molecular weight excluding hydrogens is 190 g/mol. The second-order valence-corrected chi connectivity index (χ2v) is 4.38. The van der Waals surface area contributed by atoms with E-state index in [0.717, 1.165) is 11.3 Å². The molecule has 15 heavy (non-hydrogen) atoms. The molecule has 0 fully saturated rings. The maximum Gasteiger partial charge on any atom is 0.0765 e. The lowest BCUT2D eigenvalue weighted by atomic mass is 10.1. The van der Waals surface area contributed by atoms with Crippen molar-refractivity contribution in [2.45, 2.75) is 26.0 Å². The third kappa shape index (κ3) is 3.49. The highest BCUT2D eigenvalue weighted by Gasteiger charge is 2.17. The Labute approximate surface area is 90.7 Å². The Balaban J connectivity index is 2.86. The van der Waals surface area contributed by atoms with Crippen molar-refractivity contribution in [1.82, 2.24) is 4.98 Å². The van der Waals surface area contributed by atoms with E-state index in [-0.39, 0.29) is 0 Å². The lowest BCUT2D eigenvalue weighted by Gasteiger charge is -2.28. The molecule has 1 heterocycles. The summed E-state index contributed by atoms with van der Waals surface area (Å²) in [6, 6.07) is 1.90. The minimum Gasteiger partial charge on any atom is -0.389 e. The number of pyridine rings is 1. The molecule has 0 saturated heterocycles. The number of hydrogen-bond acceptors (Lipinski definition) is 4. The van der Waals surface area contributed by atoms with E-state index in [1.54, 1.807) is 26.2 Å². The van der Waals surface area contributed by atoms with E-state index in [9.17, 15) is 5.11 Å². The number of nitrogens with zero attached hydrogens (tertiary/aromatic N) is 2. The van der Waals surface area contributed by atoms with Crippen LogP contribution in [0.5, 0.6) is 0 Å². The molecule has 0 saturated carbocycles. The van der Waals surface area contributed by atoms with E-state index >= 15 is 0 Å². The van der Waals surface area contributed by atoms with Crippen LogP contribution < -0.4 is 10.6 Å². The predicted octanol–water partition coefficient (Wildman–Crippen LogP) is 0.747. The molecule has 0 radical (unpaired) electrons. The van der Waals surface area contributed by atoms with E-state index in [2.05, 4.69) is 4.98 Å². The van der Waals surface area contributed by atoms with Crippen molar-refractivity contribution in [3.05, 3.63) is 24.0 Å². The van der Waals surface area contributed by atoms with Crippen LogP contribution in [0.1, 0.15) is 19.4 Å². The second kappa shape index (κ2) is 4.59. The number of nitrogens with two attached hydrogens (primary N) is 1. The molecule has 1 rings (SSSR count). The van der Waals surface area contributed by atoms with Crippen LogP contribution in [0, 0.1) is 0 Å². The lowest BCUT2D eigenvalue weighted by Crippen LogP contribution is -2.36. The first-order valence-electron chi connectivity index (χ1n) is 5.00. The molecule has 4 nitrogen and oxygen atoms in total. The summed E-state index contributed by atoms with van der Waals surface area (Å²) in [5, 5.41) is 9.72. The van der Waals surface area contributed by atoms with Gasteiger partial charge in [-0.05, 0) is 25.5 Å². The normalized spacial score (nSPS) is 11.5. The smallest absolute Gasteiger partial charge is 0.0765 e. The number of likely N-dealkylation sites (N-methyl/N-ethyl adjacent to an activating group) is 1. The Morgan fingerprint density at radius 3 is 2.73 bits per heavy atom. The minimum absolute atomic E-state index is 0.480. The summed E-state index contributed by atoms with van der Waals surface area (Å²) in [6.45, 7) is 4.59. The average molecular weight is 209 g/mol. The fraction of sp³-hybridized carbons (Fsp3) is 0.545. The van der Waals surface area contributed by atoms with Crippen molar-refractivity contribution in [2.75, 3.05) is 18.5 Å². The first-order valence-corrected chi connectivity index (χ1v) is 5.00. The predicted molar refractivity (Wildman–Crippen MR) is 61.7 cm³/mol. The third-order valence-electron chi connectivity index (χ3n) is 2.14. The second-order valence-electron chi connectivity index (χ2n) is 4.38. The fourth-order valence-corrected chi connectivity index (χ4v) is 1.60. The van der Waals surface area contributed by atoms with Crippen LogP contribution in [0.3, 0.4) is 0 Å². The van der Waals surface area contributed by atoms with Crippen molar-refractivity contribution in [1.29, 1.82) is 0 Å². The maximum atomic E-state index is 9.72. The van der Waals surface area contributed by atoms with Crippen LogP contribution in [0.4, 0.5) is 5.69 Å². The van der Waals surface area contributed by atoms with E-state index in [1.165, 1.54) is 0 Å². The highest BCUT2D eigenvalue weighted by molar-refractivity contribution is 5.51. The highest BCUT2D eigenvalue weighted by Crippen LogP contribution is 2.19. The summed E-state index contributed by atoms with van der Waals surface area (Å²) in [5.74, 6) is 0. The summed E-state index contributed by atoms with van der Waals surface area (Å²) in [6.07, 6.45) is 3.50. The zero-order valence-corrected chi connectivity index (χ0v) is 9.57. The van der Waals surface area contributed by atoms with Gasteiger partial charge < -0.3 is 15.7 Å². The van der Waals surface area contributed by atoms with Crippen molar-refractivity contribution in [3.63, 3.8) is 0 Å². The first kappa shape index (κ1) is 11.9. The van der Waals surface area contributed by atoms with E-state index < -0.39 is 5.60 Å². The molecule has 1 aromatic rings. The van der Waals surface area contributed by atoms with E-state index in [1.807, 2.05) is 18.0 Å². The molecule has 0 aliphatic heterocycles. The zero-order chi connectivity index (χ0) is 11.5. The quantitative estimate of drug-likeness (QED) is 0.768. The lowest BCUT2D eigenvalue weighted by molar-refractivity contribution is 0.0886. The zero-order valence-electron chi connectivity index (χ0n) is 9.57. The highest BCUT2D eigenvalue weighted by atomic mass is 16.3. The number of aromatic nitrogens is 1. The maximum absolute atomic E-state index is 9.72. The largest absolute Gasteiger partial charge is 0.389 e. The molecule has 0 aliphatic rings. The molecule has 84 valence electrons. The van der Waals surface area contributed by atoms with Gasteiger partial charge in [0.2, 0.25) is 0 Å². The molecule has 0 amide bonds. The van der Waals surface area contributed by atoms with Crippen molar-refractivity contribution < 1.29 is 5.11 Å². The molecule has 0 bridgehead atoms. The van der Waals surface area contributed by atoms with Crippen LogP contribution in [0.25, 0.3) is 0 Å². The summed E-state index contributed by atoms with van der Waals surface area (Å²) >= 11 is 0. The van der Waals surface area contributed by atoms with Gasteiger partial charge in [-0.25, -0.2) is 0 Å². The molecule has 0 aromatic carbocycles. The molecule has 3 N–H and O–H groups in total. The van der Waals surface area contributed by atoms with Crippen molar-refractivity contribution >= 4 is 5.69 Å². The topological polar surface area (TPSA) is 62.4 Å². The van der Waals surface area contributed by atoms with Crippen molar-refractivity contribution in [3.8, 4) is 0 Å². The first-order chi connectivity index (χ1) is 6.94. The SMILES string of the molecule is CN(CC(C)(C)O)c1cnccc1CN. The molecule has 0 aliphatic carbocycles. The summed E-state index contributed by atoms with van der Waals surface area (Å²) in [5.41, 5.74) is 6.92. The fourth-order valence-electron chi connectivity index (χ4n) is 1.60. The molecule has 4 heteroatoms. The van der Waals surface area contributed by atoms with Gasteiger partial charge in [0.05, 0.1) is 17.5 Å². The van der Waals surface area contributed by atoms with Gasteiger partial charge in [0.15, 0.2) is 0 Å². The Hall–Kier alpha value is -1.13. The number of hydrogen-bond donors (Lipinski definition) is 2. The van der Waals surface area contributed by atoms with Gasteiger partial charge in [0.1, 0.15) is 0 Å². The van der Waals surface area contributed by atoms with Gasteiger partial charge in [0.25, 0.3) is 0 Å². The van der Waals surface area contributed by atoms with Crippen LogP contribution in [-0.4, -0.2) is 29.3 Å². The Kier molecular flexibility index (Phi) is 3.66. The van der Waals surface area contributed by atoms with Gasteiger partial charge in [0, 0.05) is 26.3 Å². The van der Waals surface area contributed by atoms with Crippen LogP contribution in [0.2, 0.25) is 0 Å². The Morgan fingerprint density at radius 2 is 2.20 bits per heavy atom. The standard InChI is InChI=1S/C11H19N3O/c1-11(2,15)8-14(3)10-7-13-5-4-9(10)6-12/h4-5,7,15H,6,8,12H2,1-3H3. The van der Waals surface area contributed by atoms with Crippen LogP contribution >= 0.6 is 0 Å². The molecule has 0 atom stereocenters. The Morgan fingerprint density at radius 1 is 1.53 bits per heavy atom. The van der Waals surface area contributed by atoms with Crippen LogP contribution in [-0.2, 0) is 6.54 Å². The summed E-state index contributed by atoms with van der Waals surface area (Å²) in [4.78, 5) is 6.03. The van der Waals surface area contributed by atoms with Crippen LogP contribution in [0.15, 0.2) is 18.5 Å². The Bertz CT molecular complexity index is 320. The van der Waals surface area contributed by atoms with Gasteiger partial charge in [-0.15, -0.1) is 0 Å². The number of aliphatic hydroxyl groups is 1. The third-order valence-corrected chi connectivity index (χ3v) is 2.14. The summed E-state index contributed by atoms with van der Waals surface area (Å²) < 4.78 is 0. The molecule has 0 unspecified atom stereocenters. The van der Waals surface area contributed by atoms with Gasteiger partial charge in [-0.3, -0.25) is 4.98 Å². The minimum atomic E-state index is -0.726. The molecular formula is C11H19N3O.